The molecule has 6 heteroatoms. The first kappa shape index (κ1) is 12.2. The topological polar surface area (TPSA) is 46.9 Å². The molecule has 2 heterocycles. The fourth-order valence-corrected chi connectivity index (χ4v) is 2.80. The largest absolute Gasteiger partial charge is 0.358 e. The Morgan fingerprint density at radius 1 is 1.26 bits per heavy atom. The van der Waals surface area contributed by atoms with Crippen molar-refractivity contribution in [3.05, 3.63) is 51.1 Å². The third kappa shape index (κ3) is 2.01. The number of anilines is 1. The van der Waals surface area contributed by atoms with Crippen molar-refractivity contribution in [1.82, 2.24) is 9.55 Å². The summed E-state index contributed by atoms with van der Waals surface area (Å²) in [7, 11) is 1.74. The minimum Gasteiger partial charge on any atom is -0.358 e. The first-order valence-electron chi connectivity index (χ1n) is 5.64. The number of hydrogen-bond acceptors (Lipinski definition) is 4. The Balaban J connectivity index is 2.35. The lowest BCUT2D eigenvalue weighted by molar-refractivity contribution is 0.971. The Kier molecular flexibility index (Phi) is 3.00. The SMILES string of the molecule is CNc1nc2ccsc2c(=O)n1-c1ccc(Cl)cc1. The van der Waals surface area contributed by atoms with Crippen LogP contribution in [0.1, 0.15) is 0 Å². The third-order valence-electron chi connectivity index (χ3n) is 2.79. The molecule has 0 bridgehead atoms. The Morgan fingerprint density at radius 3 is 2.68 bits per heavy atom. The number of benzene rings is 1. The molecule has 0 saturated carbocycles. The normalized spacial score (nSPS) is 10.8. The highest BCUT2D eigenvalue weighted by Crippen LogP contribution is 2.20. The number of nitrogens with zero attached hydrogens (tertiary/aromatic N) is 2. The van der Waals surface area contributed by atoms with Gasteiger partial charge in [-0.15, -0.1) is 11.3 Å². The summed E-state index contributed by atoms with van der Waals surface area (Å²) in [6, 6.07) is 8.94. The van der Waals surface area contributed by atoms with Crippen molar-refractivity contribution in [3.63, 3.8) is 0 Å². The van der Waals surface area contributed by atoms with Gasteiger partial charge in [0.1, 0.15) is 4.70 Å². The molecule has 0 atom stereocenters. The number of rotatable bonds is 2. The van der Waals surface area contributed by atoms with Gasteiger partial charge in [-0.1, -0.05) is 11.6 Å². The van der Waals surface area contributed by atoms with Crippen LogP contribution in [0.15, 0.2) is 40.5 Å². The summed E-state index contributed by atoms with van der Waals surface area (Å²) < 4.78 is 2.20. The zero-order valence-electron chi connectivity index (χ0n) is 10.1. The first-order chi connectivity index (χ1) is 9.20. The average molecular weight is 292 g/mol. The van der Waals surface area contributed by atoms with Gasteiger partial charge in [0.15, 0.2) is 0 Å². The van der Waals surface area contributed by atoms with Crippen molar-refractivity contribution >= 4 is 39.1 Å². The van der Waals surface area contributed by atoms with Crippen LogP contribution in [0.25, 0.3) is 15.9 Å². The number of thiophene rings is 1. The summed E-state index contributed by atoms with van der Waals surface area (Å²) in [4.78, 5) is 17.0. The monoisotopic (exact) mass is 291 g/mol. The molecule has 0 aliphatic rings. The summed E-state index contributed by atoms with van der Waals surface area (Å²) in [6.07, 6.45) is 0. The van der Waals surface area contributed by atoms with Gasteiger partial charge < -0.3 is 5.32 Å². The van der Waals surface area contributed by atoms with E-state index in [0.29, 0.717) is 21.2 Å². The van der Waals surface area contributed by atoms with E-state index in [-0.39, 0.29) is 5.56 Å². The highest BCUT2D eigenvalue weighted by atomic mass is 35.5. The summed E-state index contributed by atoms with van der Waals surface area (Å²) >= 11 is 7.27. The second-order valence-electron chi connectivity index (χ2n) is 3.94. The van der Waals surface area contributed by atoms with Crippen molar-refractivity contribution in [1.29, 1.82) is 0 Å². The van der Waals surface area contributed by atoms with Crippen LogP contribution >= 0.6 is 22.9 Å². The molecule has 3 aromatic rings. The number of hydrogen-bond donors (Lipinski definition) is 1. The minimum atomic E-state index is -0.0772. The van der Waals surface area contributed by atoms with E-state index in [1.54, 1.807) is 35.9 Å². The predicted molar refractivity (Wildman–Crippen MR) is 79.8 cm³/mol. The molecule has 0 radical (unpaired) electrons. The molecule has 19 heavy (non-hydrogen) atoms. The van der Waals surface area contributed by atoms with Crippen molar-refractivity contribution in [2.24, 2.45) is 0 Å². The van der Waals surface area contributed by atoms with Crippen LogP contribution in [-0.2, 0) is 0 Å². The maximum absolute atomic E-state index is 12.5. The van der Waals surface area contributed by atoms with E-state index in [2.05, 4.69) is 10.3 Å². The maximum atomic E-state index is 12.5. The Bertz CT molecular complexity index is 792. The first-order valence-corrected chi connectivity index (χ1v) is 6.90. The second-order valence-corrected chi connectivity index (χ2v) is 5.29. The van der Waals surface area contributed by atoms with Crippen LogP contribution < -0.4 is 10.9 Å². The Labute approximate surface area is 118 Å². The molecule has 0 unspecified atom stereocenters. The molecule has 0 aliphatic carbocycles. The average Bonchev–Trinajstić information content (AvgIpc) is 2.88. The second kappa shape index (κ2) is 4.68. The highest BCUT2D eigenvalue weighted by molar-refractivity contribution is 7.17. The van der Waals surface area contributed by atoms with Gasteiger partial charge in [0, 0.05) is 12.1 Å². The summed E-state index contributed by atoms with van der Waals surface area (Å²) in [6.45, 7) is 0. The van der Waals surface area contributed by atoms with Crippen LogP contribution in [0.4, 0.5) is 5.95 Å². The Morgan fingerprint density at radius 2 is 2.00 bits per heavy atom. The number of fused-ring (bicyclic) bond motifs is 1. The van der Waals surface area contributed by atoms with Crippen LogP contribution in [-0.4, -0.2) is 16.6 Å². The fraction of sp³-hybridized carbons (Fsp3) is 0.0769. The molecule has 4 nitrogen and oxygen atoms in total. The van der Waals surface area contributed by atoms with E-state index in [0.717, 1.165) is 5.69 Å². The molecule has 0 aliphatic heterocycles. The smallest absolute Gasteiger partial charge is 0.277 e. The summed E-state index contributed by atoms with van der Waals surface area (Å²) in [5.41, 5.74) is 1.37. The Hall–Kier alpha value is -1.85. The van der Waals surface area contributed by atoms with Gasteiger partial charge in [-0.05, 0) is 35.7 Å². The van der Waals surface area contributed by atoms with Gasteiger partial charge in [0.25, 0.3) is 5.56 Å². The van der Waals surface area contributed by atoms with Crippen molar-refractivity contribution in [2.45, 2.75) is 0 Å². The minimum absolute atomic E-state index is 0.0772. The number of halogens is 1. The molecule has 96 valence electrons. The van der Waals surface area contributed by atoms with E-state index in [1.807, 2.05) is 11.4 Å². The molecular formula is C13H10ClN3OS. The lowest BCUT2D eigenvalue weighted by Gasteiger charge is -2.11. The molecule has 1 aromatic carbocycles. The van der Waals surface area contributed by atoms with Crippen LogP contribution in [0.3, 0.4) is 0 Å². The van der Waals surface area contributed by atoms with Gasteiger partial charge in [-0.25, -0.2) is 9.55 Å². The third-order valence-corrected chi connectivity index (χ3v) is 3.93. The zero-order valence-corrected chi connectivity index (χ0v) is 11.6. The van der Waals surface area contributed by atoms with Crippen molar-refractivity contribution in [2.75, 3.05) is 12.4 Å². The maximum Gasteiger partial charge on any atom is 0.277 e. The lowest BCUT2D eigenvalue weighted by Crippen LogP contribution is -2.21. The molecule has 0 saturated heterocycles. The molecule has 0 spiro atoms. The van der Waals surface area contributed by atoms with Crippen molar-refractivity contribution in [3.8, 4) is 5.69 Å². The quantitative estimate of drug-likeness (QED) is 0.789. The molecule has 1 N–H and O–H groups in total. The predicted octanol–water partition coefficient (Wildman–Crippen LogP) is 3.14. The summed E-state index contributed by atoms with van der Waals surface area (Å²) in [5, 5.41) is 5.45. The van der Waals surface area contributed by atoms with E-state index in [4.69, 9.17) is 11.6 Å². The van der Waals surface area contributed by atoms with Crippen molar-refractivity contribution < 1.29 is 0 Å². The summed E-state index contributed by atoms with van der Waals surface area (Å²) in [5.74, 6) is 0.512. The zero-order chi connectivity index (χ0) is 13.4. The van der Waals surface area contributed by atoms with E-state index < -0.39 is 0 Å². The van der Waals surface area contributed by atoms with Crippen LogP contribution in [0, 0.1) is 0 Å². The van der Waals surface area contributed by atoms with E-state index >= 15 is 0 Å². The molecule has 2 aromatic heterocycles. The van der Waals surface area contributed by atoms with Crippen LogP contribution in [0.5, 0.6) is 0 Å². The number of aromatic nitrogens is 2. The molecule has 0 amide bonds. The molecule has 3 rings (SSSR count). The van der Waals surface area contributed by atoms with Gasteiger partial charge in [-0.2, -0.15) is 0 Å². The van der Waals surface area contributed by atoms with Gasteiger partial charge >= 0.3 is 0 Å². The van der Waals surface area contributed by atoms with E-state index in [9.17, 15) is 4.79 Å². The van der Waals surface area contributed by atoms with Gasteiger partial charge in [-0.3, -0.25) is 4.79 Å². The van der Waals surface area contributed by atoms with E-state index in [1.165, 1.54) is 11.3 Å². The van der Waals surface area contributed by atoms with Gasteiger partial charge in [0.05, 0.1) is 11.2 Å². The van der Waals surface area contributed by atoms with Gasteiger partial charge in [0.2, 0.25) is 5.95 Å². The van der Waals surface area contributed by atoms with Crippen LogP contribution in [0.2, 0.25) is 5.02 Å². The fourth-order valence-electron chi connectivity index (χ4n) is 1.91. The molecular weight excluding hydrogens is 282 g/mol. The molecule has 0 fully saturated rings. The lowest BCUT2D eigenvalue weighted by atomic mass is 10.3. The highest BCUT2D eigenvalue weighted by Gasteiger charge is 2.12. The standard InChI is InChI=1S/C13H10ClN3OS/c1-15-13-16-10-6-7-19-11(10)12(18)17(13)9-4-2-8(14)3-5-9/h2-7H,1H3,(H,15,16). The number of nitrogens with one attached hydrogen (secondary N) is 1.